The van der Waals surface area contributed by atoms with Crippen molar-refractivity contribution in [1.82, 2.24) is 19.4 Å². The Labute approximate surface area is 164 Å². The summed E-state index contributed by atoms with van der Waals surface area (Å²) in [7, 11) is 0. The number of anilines is 1. The number of rotatable bonds is 5. The first-order valence-corrected chi connectivity index (χ1v) is 10.2. The van der Waals surface area contributed by atoms with Gasteiger partial charge in [0.2, 0.25) is 5.91 Å². The second-order valence-electron chi connectivity index (χ2n) is 6.07. The molecule has 136 valence electrons. The Morgan fingerprint density at radius 1 is 1.15 bits per heavy atom. The largest absolute Gasteiger partial charge is 0.325 e. The number of thioether (sulfide) groups is 1. The second-order valence-corrected chi connectivity index (χ2v) is 7.88. The fraction of sp³-hybridized carbons (Fsp3) is 0.158. The van der Waals surface area contributed by atoms with Crippen molar-refractivity contribution in [1.29, 1.82) is 0 Å². The Morgan fingerprint density at radius 3 is 2.59 bits per heavy atom. The maximum Gasteiger partial charge on any atom is 0.234 e. The summed E-state index contributed by atoms with van der Waals surface area (Å²) in [4.78, 5) is 26.4. The van der Waals surface area contributed by atoms with Crippen molar-refractivity contribution in [2.24, 2.45) is 0 Å². The van der Waals surface area contributed by atoms with E-state index in [0.717, 1.165) is 33.3 Å². The number of aryl methyl sites for hydroxylation is 2. The molecule has 0 bridgehead atoms. The Bertz CT molecular complexity index is 1050. The van der Waals surface area contributed by atoms with Crippen molar-refractivity contribution in [3.8, 4) is 11.3 Å². The summed E-state index contributed by atoms with van der Waals surface area (Å²) in [5, 5.41) is 5.53. The van der Waals surface area contributed by atoms with E-state index in [9.17, 15) is 4.79 Å². The third-order valence-electron chi connectivity index (χ3n) is 3.85. The van der Waals surface area contributed by atoms with Crippen LogP contribution in [0.1, 0.15) is 11.4 Å². The molecular weight excluding hydrogens is 378 g/mol. The molecule has 8 heteroatoms. The highest BCUT2D eigenvalue weighted by atomic mass is 32.2. The third-order valence-corrected chi connectivity index (χ3v) is 5.47. The molecule has 0 atom stereocenters. The van der Waals surface area contributed by atoms with Gasteiger partial charge in [-0.1, -0.05) is 23.9 Å². The van der Waals surface area contributed by atoms with Crippen molar-refractivity contribution < 1.29 is 4.79 Å². The smallest absolute Gasteiger partial charge is 0.234 e. The van der Waals surface area contributed by atoms with Crippen LogP contribution in [0.25, 0.3) is 16.2 Å². The van der Waals surface area contributed by atoms with Gasteiger partial charge in [0, 0.05) is 40.4 Å². The summed E-state index contributed by atoms with van der Waals surface area (Å²) in [5.74, 6) is 0.181. The fourth-order valence-corrected chi connectivity index (χ4v) is 4.13. The maximum absolute atomic E-state index is 12.2. The minimum atomic E-state index is -0.0852. The van der Waals surface area contributed by atoms with Crippen LogP contribution in [0.3, 0.4) is 0 Å². The van der Waals surface area contributed by atoms with Crippen LogP contribution in [0.15, 0.2) is 53.3 Å². The number of nitrogens with one attached hydrogen (secondary N) is 1. The van der Waals surface area contributed by atoms with Gasteiger partial charge in [-0.2, -0.15) is 0 Å². The number of thiazole rings is 1. The number of hydrogen-bond acceptors (Lipinski definition) is 6. The molecule has 0 aliphatic rings. The van der Waals surface area contributed by atoms with Crippen molar-refractivity contribution in [3.63, 3.8) is 0 Å². The van der Waals surface area contributed by atoms with Gasteiger partial charge in [-0.05, 0) is 32.0 Å². The molecule has 0 fully saturated rings. The SMILES string of the molecule is Cc1cc(C)nc(SCC(=O)Nc2ccc(-c3cn4ccsc4n3)cc2)n1. The Balaban J connectivity index is 1.37. The van der Waals surface area contributed by atoms with E-state index in [2.05, 4.69) is 20.3 Å². The zero-order valence-corrected chi connectivity index (χ0v) is 16.5. The normalized spacial score (nSPS) is 11.0. The van der Waals surface area contributed by atoms with E-state index in [1.165, 1.54) is 11.8 Å². The van der Waals surface area contributed by atoms with Gasteiger partial charge in [-0.25, -0.2) is 15.0 Å². The number of hydrogen-bond donors (Lipinski definition) is 1. The van der Waals surface area contributed by atoms with Gasteiger partial charge in [-0.15, -0.1) is 11.3 Å². The molecule has 0 saturated heterocycles. The van der Waals surface area contributed by atoms with Crippen molar-refractivity contribution in [2.45, 2.75) is 19.0 Å². The van der Waals surface area contributed by atoms with Gasteiger partial charge < -0.3 is 5.32 Å². The second kappa shape index (κ2) is 7.50. The van der Waals surface area contributed by atoms with Gasteiger partial charge in [0.15, 0.2) is 10.1 Å². The molecule has 3 heterocycles. The number of fused-ring (bicyclic) bond motifs is 1. The molecule has 0 spiro atoms. The predicted octanol–water partition coefficient (Wildman–Crippen LogP) is 4.20. The lowest BCUT2D eigenvalue weighted by Gasteiger charge is -2.06. The number of imidazole rings is 1. The van der Waals surface area contributed by atoms with Gasteiger partial charge in [0.05, 0.1) is 11.4 Å². The monoisotopic (exact) mass is 395 g/mol. The first-order valence-electron chi connectivity index (χ1n) is 8.34. The summed E-state index contributed by atoms with van der Waals surface area (Å²) in [5.41, 5.74) is 4.50. The van der Waals surface area contributed by atoms with Crippen molar-refractivity contribution >= 4 is 39.7 Å². The van der Waals surface area contributed by atoms with Gasteiger partial charge in [0.1, 0.15) is 0 Å². The van der Waals surface area contributed by atoms with Crippen LogP contribution in [-0.4, -0.2) is 31.0 Å². The maximum atomic E-state index is 12.2. The van der Waals surface area contributed by atoms with Crippen LogP contribution in [0.5, 0.6) is 0 Å². The number of carbonyl (C=O) groups excluding carboxylic acids is 1. The summed E-state index contributed by atoms with van der Waals surface area (Å²) < 4.78 is 2.00. The topological polar surface area (TPSA) is 72.2 Å². The van der Waals surface area contributed by atoms with Crippen LogP contribution in [0.4, 0.5) is 5.69 Å². The average Bonchev–Trinajstić information content (AvgIpc) is 3.22. The zero-order valence-electron chi connectivity index (χ0n) is 14.8. The number of aromatic nitrogens is 4. The summed E-state index contributed by atoms with van der Waals surface area (Å²) in [6.07, 6.45) is 3.99. The predicted molar refractivity (Wildman–Crippen MR) is 109 cm³/mol. The summed E-state index contributed by atoms with van der Waals surface area (Å²) in [6.45, 7) is 3.84. The molecule has 3 aromatic heterocycles. The van der Waals surface area contributed by atoms with E-state index < -0.39 is 0 Å². The lowest BCUT2D eigenvalue weighted by Crippen LogP contribution is -2.14. The lowest BCUT2D eigenvalue weighted by atomic mass is 10.1. The van der Waals surface area contributed by atoms with Gasteiger partial charge in [-0.3, -0.25) is 9.20 Å². The average molecular weight is 396 g/mol. The Hall–Kier alpha value is -2.71. The highest BCUT2D eigenvalue weighted by Gasteiger charge is 2.08. The molecular formula is C19H17N5OS2. The third kappa shape index (κ3) is 4.17. The van der Waals surface area contributed by atoms with Crippen molar-refractivity contribution in [3.05, 3.63) is 59.5 Å². The molecule has 0 saturated carbocycles. The highest BCUT2D eigenvalue weighted by Crippen LogP contribution is 2.23. The quantitative estimate of drug-likeness (QED) is 0.405. The van der Waals surface area contributed by atoms with Crippen LogP contribution < -0.4 is 5.32 Å². The van der Waals surface area contributed by atoms with E-state index >= 15 is 0 Å². The van der Waals surface area contributed by atoms with Crippen LogP contribution >= 0.6 is 23.1 Å². The molecule has 4 rings (SSSR count). The molecule has 4 aromatic rings. The first-order chi connectivity index (χ1) is 13.1. The number of nitrogens with zero attached hydrogens (tertiary/aromatic N) is 4. The van der Waals surface area contributed by atoms with Gasteiger partial charge >= 0.3 is 0 Å². The minimum absolute atomic E-state index is 0.0852. The lowest BCUT2D eigenvalue weighted by molar-refractivity contribution is -0.113. The minimum Gasteiger partial charge on any atom is -0.325 e. The molecule has 0 unspecified atom stereocenters. The summed E-state index contributed by atoms with van der Waals surface area (Å²) >= 11 is 2.94. The summed E-state index contributed by atoms with van der Waals surface area (Å²) in [6, 6.07) is 9.61. The molecule has 0 radical (unpaired) electrons. The number of benzene rings is 1. The zero-order chi connectivity index (χ0) is 18.8. The Morgan fingerprint density at radius 2 is 1.89 bits per heavy atom. The fourth-order valence-electron chi connectivity index (χ4n) is 2.68. The van der Waals surface area contributed by atoms with Crippen LogP contribution in [-0.2, 0) is 4.79 Å². The molecule has 27 heavy (non-hydrogen) atoms. The molecule has 6 nitrogen and oxygen atoms in total. The molecule has 1 aromatic carbocycles. The van der Waals surface area contributed by atoms with E-state index in [1.807, 2.05) is 66.4 Å². The van der Waals surface area contributed by atoms with Gasteiger partial charge in [0.25, 0.3) is 0 Å². The van der Waals surface area contributed by atoms with Crippen molar-refractivity contribution in [2.75, 3.05) is 11.1 Å². The van der Waals surface area contributed by atoms with E-state index in [0.29, 0.717) is 5.16 Å². The standard InChI is InChI=1S/C19H17N5OS2/c1-12-9-13(2)21-18(20-12)27-11-17(25)22-15-5-3-14(4-6-15)16-10-24-7-8-26-19(24)23-16/h3-10H,11H2,1-2H3,(H,22,25). The molecule has 1 N–H and O–H groups in total. The van der Waals surface area contributed by atoms with Crippen LogP contribution in [0, 0.1) is 13.8 Å². The molecule has 0 aliphatic heterocycles. The number of amides is 1. The van der Waals surface area contributed by atoms with E-state index in [-0.39, 0.29) is 11.7 Å². The first kappa shape index (κ1) is 17.7. The molecule has 1 amide bonds. The van der Waals surface area contributed by atoms with Crippen LogP contribution in [0.2, 0.25) is 0 Å². The molecule has 0 aliphatic carbocycles. The van der Waals surface area contributed by atoms with E-state index in [4.69, 9.17) is 0 Å². The highest BCUT2D eigenvalue weighted by molar-refractivity contribution is 7.99. The van der Waals surface area contributed by atoms with E-state index in [1.54, 1.807) is 11.3 Å². The number of carbonyl (C=O) groups is 1. The Kier molecular flexibility index (Phi) is 4.91.